The van der Waals surface area contributed by atoms with Gasteiger partial charge in [0.1, 0.15) is 11.2 Å². The first-order chi connectivity index (χ1) is 18.2. The van der Waals surface area contributed by atoms with Crippen molar-refractivity contribution in [1.29, 1.82) is 0 Å². The van der Waals surface area contributed by atoms with Crippen LogP contribution < -0.4 is 0 Å². The molecular weight excluding hydrogens is 464 g/mol. The van der Waals surface area contributed by atoms with E-state index >= 15 is 0 Å². The van der Waals surface area contributed by atoms with Crippen LogP contribution in [-0.4, -0.2) is 26.4 Å². The Labute approximate surface area is 213 Å². The van der Waals surface area contributed by atoms with Crippen molar-refractivity contribution < 1.29 is 14.2 Å². The molecule has 0 aliphatic carbocycles. The highest BCUT2D eigenvalue weighted by Crippen LogP contribution is 2.45. The number of benzene rings is 4. The van der Waals surface area contributed by atoms with E-state index in [0.717, 1.165) is 56.1 Å². The molecule has 2 saturated heterocycles. The summed E-state index contributed by atoms with van der Waals surface area (Å²) in [6.07, 6.45) is 0. The fraction of sp³-hybridized carbons (Fsp3) is 0.200. The van der Waals surface area contributed by atoms with Gasteiger partial charge in [0.15, 0.2) is 0 Å². The number of hydrogen-bond acceptors (Lipinski definition) is 7. The van der Waals surface area contributed by atoms with Crippen LogP contribution in [0.5, 0.6) is 0 Å². The summed E-state index contributed by atoms with van der Waals surface area (Å²) in [4.78, 5) is 0. The molecule has 4 bridgehead atoms. The van der Waals surface area contributed by atoms with Gasteiger partial charge < -0.3 is 14.2 Å². The van der Waals surface area contributed by atoms with E-state index in [0.29, 0.717) is 26.4 Å². The van der Waals surface area contributed by atoms with Crippen LogP contribution in [0.1, 0.15) is 11.1 Å². The lowest BCUT2D eigenvalue weighted by Crippen LogP contribution is -2.23. The fourth-order valence-corrected chi connectivity index (χ4v) is 5.17. The molecule has 0 amide bonds. The van der Waals surface area contributed by atoms with E-state index in [4.69, 9.17) is 14.2 Å². The van der Waals surface area contributed by atoms with Crippen LogP contribution in [-0.2, 0) is 25.4 Å². The molecule has 0 spiro atoms. The van der Waals surface area contributed by atoms with Gasteiger partial charge in [0.25, 0.3) is 0 Å². The van der Waals surface area contributed by atoms with E-state index < -0.39 is 0 Å². The van der Waals surface area contributed by atoms with Gasteiger partial charge in [-0.15, -0.1) is 10.2 Å². The predicted molar refractivity (Wildman–Crippen MR) is 138 cm³/mol. The zero-order valence-electron chi connectivity index (χ0n) is 19.9. The molecule has 2 unspecified atom stereocenters. The van der Waals surface area contributed by atoms with Gasteiger partial charge in [0.05, 0.1) is 49.2 Å². The van der Waals surface area contributed by atoms with E-state index in [2.05, 4.69) is 81.1 Å². The first-order valence-corrected chi connectivity index (χ1v) is 12.4. The minimum absolute atomic E-state index is 0.387. The number of ether oxygens (including phenoxy) is 3. The van der Waals surface area contributed by atoms with Crippen molar-refractivity contribution in [2.24, 2.45) is 20.5 Å². The first-order valence-electron chi connectivity index (χ1n) is 12.4. The van der Waals surface area contributed by atoms with Gasteiger partial charge >= 0.3 is 0 Å². The third-order valence-corrected chi connectivity index (χ3v) is 7.61. The number of rotatable bonds is 8. The summed E-state index contributed by atoms with van der Waals surface area (Å²) in [5.41, 5.74) is 9.51. The van der Waals surface area contributed by atoms with E-state index in [9.17, 15) is 0 Å². The maximum atomic E-state index is 6.21. The molecule has 0 aromatic heterocycles. The van der Waals surface area contributed by atoms with Gasteiger partial charge in [-0.2, -0.15) is 10.2 Å². The molecule has 180 valence electrons. The minimum Gasteiger partial charge on any atom is -0.375 e. The summed E-state index contributed by atoms with van der Waals surface area (Å²) in [6.45, 7) is 2.29. The highest BCUT2D eigenvalue weighted by Gasteiger charge is 2.50. The van der Waals surface area contributed by atoms with Crippen molar-refractivity contribution in [3.8, 4) is 22.3 Å². The summed E-state index contributed by atoms with van der Waals surface area (Å²) >= 11 is 0. The molecule has 4 aliphatic rings. The highest BCUT2D eigenvalue weighted by molar-refractivity contribution is 5.80. The number of epoxide rings is 2. The van der Waals surface area contributed by atoms with Gasteiger partial charge in [0.2, 0.25) is 0 Å². The standard InChI is InChI=1S/C30H22N4O3/c1-5-21(6-2-19(1)25-11-9-23-13-27(25)33-31-23)29(17-36-29)15-35-16-30(18-37-30)22-7-3-20(4-8-22)26-12-10-24-14-28(26)34-32-24/h1-14H,15-18H2. The molecule has 2 atom stereocenters. The average molecular weight is 487 g/mol. The predicted octanol–water partition coefficient (Wildman–Crippen LogP) is 7.65. The molecule has 0 N–H and O–H groups in total. The topological polar surface area (TPSA) is 83.7 Å². The summed E-state index contributed by atoms with van der Waals surface area (Å²) in [5, 5.41) is 16.8. The Morgan fingerprint density at radius 2 is 1.00 bits per heavy atom. The third kappa shape index (κ3) is 3.54. The number of azo groups is 2. The molecule has 4 aromatic rings. The number of fused-ring (bicyclic) bond motifs is 4. The molecule has 4 heterocycles. The lowest BCUT2D eigenvalue weighted by molar-refractivity contribution is 0.0403. The maximum absolute atomic E-state index is 6.21. The van der Waals surface area contributed by atoms with Crippen LogP contribution >= 0.6 is 0 Å². The van der Waals surface area contributed by atoms with Crippen molar-refractivity contribution in [2.75, 3.05) is 26.4 Å². The quantitative estimate of drug-likeness (QED) is 0.207. The SMILES string of the molecule is c1cc(-c2ccc(C3(COCC4(c5ccc(-c6ccc7cc6N=N7)cc5)CO4)CO3)cc2)c2cc1N=N2. The molecular formula is C30H22N4O3. The second kappa shape index (κ2) is 7.73. The Morgan fingerprint density at radius 1 is 0.568 bits per heavy atom. The Morgan fingerprint density at radius 3 is 1.41 bits per heavy atom. The molecule has 0 saturated carbocycles. The van der Waals surface area contributed by atoms with E-state index in [-0.39, 0.29) is 11.2 Å². The molecule has 8 rings (SSSR count). The Hall–Kier alpha value is -4.04. The third-order valence-electron chi connectivity index (χ3n) is 7.61. The average Bonchev–Trinajstić information content (AvgIpc) is 3.85. The Kier molecular flexibility index (Phi) is 4.40. The molecule has 2 fully saturated rings. The fourth-order valence-electron chi connectivity index (χ4n) is 5.17. The van der Waals surface area contributed by atoms with Crippen molar-refractivity contribution >= 4 is 22.7 Å². The van der Waals surface area contributed by atoms with Crippen LogP contribution in [0.3, 0.4) is 0 Å². The van der Waals surface area contributed by atoms with E-state index in [1.54, 1.807) is 0 Å². The van der Waals surface area contributed by atoms with Crippen molar-refractivity contribution in [3.05, 3.63) is 96.1 Å². The van der Waals surface area contributed by atoms with Crippen LogP contribution in [0.15, 0.2) is 105 Å². The smallest absolute Gasteiger partial charge is 0.140 e. The summed E-state index contributed by atoms with van der Waals surface area (Å²) in [5.74, 6) is 0. The van der Waals surface area contributed by atoms with Gasteiger partial charge in [-0.1, -0.05) is 48.5 Å². The molecule has 4 aliphatic heterocycles. The molecule has 0 radical (unpaired) electrons. The summed E-state index contributed by atoms with van der Waals surface area (Å²) in [6, 6.07) is 29.1. The van der Waals surface area contributed by atoms with Crippen LogP contribution in [0.2, 0.25) is 0 Å². The van der Waals surface area contributed by atoms with Gasteiger partial charge in [-0.05, 0) is 58.7 Å². The lowest BCUT2D eigenvalue weighted by atomic mass is 9.95. The Bertz CT molecular complexity index is 1480. The van der Waals surface area contributed by atoms with Crippen molar-refractivity contribution in [1.82, 2.24) is 0 Å². The normalized spacial score (nSPS) is 23.6. The number of nitrogens with zero attached hydrogens (tertiary/aromatic N) is 4. The zero-order chi connectivity index (χ0) is 24.5. The summed E-state index contributed by atoms with van der Waals surface area (Å²) in [7, 11) is 0. The second-order valence-electron chi connectivity index (χ2n) is 10.0. The first kappa shape index (κ1) is 21.1. The monoisotopic (exact) mass is 486 g/mol. The molecule has 7 nitrogen and oxygen atoms in total. The zero-order valence-corrected chi connectivity index (χ0v) is 19.9. The van der Waals surface area contributed by atoms with Crippen LogP contribution in [0, 0.1) is 0 Å². The maximum Gasteiger partial charge on any atom is 0.140 e. The second-order valence-corrected chi connectivity index (χ2v) is 10.0. The van der Waals surface area contributed by atoms with E-state index in [1.807, 2.05) is 24.3 Å². The molecule has 37 heavy (non-hydrogen) atoms. The van der Waals surface area contributed by atoms with Gasteiger partial charge in [0, 0.05) is 11.1 Å². The van der Waals surface area contributed by atoms with Gasteiger partial charge in [-0.25, -0.2) is 0 Å². The highest BCUT2D eigenvalue weighted by atomic mass is 16.6. The summed E-state index contributed by atoms with van der Waals surface area (Å²) < 4.78 is 18.0. The van der Waals surface area contributed by atoms with Crippen molar-refractivity contribution in [3.63, 3.8) is 0 Å². The van der Waals surface area contributed by atoms with Gasteiger partial charge in [-0.3, -0.25) is 0 Å². The minimum atomic E-state index is -0.387. The van der Waals surface area contributed by atoms with Crippen molar-refractivity contribution in [2.45, 2.75) is 11.2 Å². The molecule has 4 aromatic carbocycles. The largest absolute Gasteiger partial charge is 0.375 e. The molecule has 7 heteroatoms. The Balaban J connectivity index is 0.936. The van der Waals surface area contributed by atoms with Crippen LogP contribution in [0.25, 0.3) is 22.3 Å². The lowest BCUT2D eigenvalue weighted by Gasteiger charge is -2.17. The van der Waals surface area contributed by atoms with E-state index in [1.165, 1.54) is 0 Å². The van der Waals surface area contributed by atoms with Crippen LogP contribution in [0.4, 0.5) is 22.7 Å². The number of hydrogen-bond donors (Lipinski definition) is 0.